The molecule has 1 heterocycles. The minimum atomic E-state index is 0.708. The Morgan fingerprint density at radius 3 is 2.71 bits per heavy atom. The molecule has 4 heteroatoms. The second-order valence-corrected chi connectivity index (χ2v) is 7.23. The molecular weight excluding hydrogens is 280 g/mol. The summed E-state index contributed by atoms with van der Waals surface area (Å²) in [5.41, 5.74) is 1.47. The first kappa shape index (κ1) is 18.6. The van der Waals surface area contributed by atoms with E-state index in [-0.39, 0.29) is 0 Å². The van der Waals surface area contributed by atoms with Crippen LogP contribution in [0.15, 0.2) is 6.07 Å². The predicted octanol–water partition coefficient (Wildman–Crippen LogP) is 3.66. The summed E-state index contributed by atoms with van der Waals surface area (Å²) in [7, 11) is 0. The van der Waals surface area contributed by atoms with E-state index in [1.807, 2.05) is 11.3 Å². The first-order valence-corrected chi connectivity index (χ1v) is 8.97. The fourth-order valence-electron chi connectivity index (χ4n) is 2.24. The Hall–Kier alpha value is -0.420. The van der Waals surface area contributed by atoms with Gasteiger partial charge in [0.2, 0.25) is 0 Å². The Morgan fingerprint density at radius 1 is 1.33 bits per heavy atom. The highest BCUT2D eigenvalue weighted by molar-refractivity contribution is 7.12. The van der Waals surface area contributed by atoms with Crippen LogP contribution in [0.3, 0.4) is 0 Å². The predicted molar refractivity (Wildman–Crippen MR) is 93.0 cm³/mol. The van der Waals surface area contributed by atoms with Crippen LogP contribution < -0.4 is 5.32 Å². The third-order valence-electron chi connectivity index (χ3n) is 3.52. The molecule has 0 unspecified atom stereocenters. The molecule has 0 amide bonds. The van der Waals surface area contributed by atoms with Gasteiger partial charge < -0.3 is 10.1 Å². The average Bonchev–Trinajstić information content (AvgIpc) is 2.77. The lowest BCUT2D eigenvalue weighted by atomic mass is 10.2. The molecule has 21 heavy (non-hydrogen) atoms. The van der Waals surface area contributed by atoms with Gasteiger partial charge in [-0.15, -0.1) is 11.3 Å². The lowest BCUT2D eigenvalue weighted by Crippen LogP contribution is -2.27. The molecule has 0 radical (unpaired) electrons. The Morgan fingerprint density at radius 2 is 2.10 bits per heavy atom. The van der Waals surface area contributed by atoms with Crippen molar-refractivity contribution in [2.45, 2.75) is 47.7 Å². The molecule has 1 aromatic rings. The quantitative estimate of drug-likeness (QED) is 0.631. The molecular formula is C17H32N2OS. The maximum absolute atomic E-state index is 5.47. The minimum absolute atomic E-state index is 0.708. The molecule has 0 aliphatic heterocycles. The van der Waals surface area contributed by atoms with Gasteiger partial charge >= 0.3 is 0 Å². The monoisotopic (exact) mass is 312 g/mol. The molecule has 0 aliphatic carbocycles. The molecule has 0 aromatic carbocycles. The molecule has 1 N–H and O–H groups in total. The van der Waals surface area contributed by atoms with Crippen molar-refractivity contribution >= 4 is 11.3 Å². The summed E-state index contributed by atoms with van der Waals surface area (Å²) in [5.74, 6) is 0.708. The van der Waals surface area contributed by atoms with Gasteiger partial charge in [-0.3, -0.25) is 4.90 Å². The van der Waals surface area contributed by atoms with Crippen molar-refractivity contribution < 1.29 is 4.74 Å². The number of likely N-dealkylation sites (N-methyl/N-ethyl adjacent to an activating group) is 1. The van der Waals surface area contributed by atoms with Crippen LogP contribution >= 0.6 is 11.3 Å². The summed E-state index contributed by atoms with van der Waals surface area (Å²) in [6, 6.07) is 2.37. The highest BCUT2D eigenvalue weighted by atomic mass is 32.1. The lowest BCUT2D eigenvalue weighted by molar-refractivity contribution is 0.113. The van der Waals surface area contributed by atoms with Crippen molar-refractivity contribution in [3.8, 4) is 0 Å². The van der Waals surface area contributed by atoms with Crippen LogP contribution in [0.4, 0.5) is 0 Å². The van der Waals surface area contributed by atoms with Crippen LogP contribution in [0.2, 0.25) is 0 Å². The molecule has 3 nitrogen and oxygen atoms in total. The van der Waals surface area contributed by atoms with Gasteiger partial charge in [-0.2, -0.15) is 0 Å². The average molecular weight is 313 g/mol. The Labute approximate surface area is 134 Å². The topological polar surface area (TPSA) is 24.5 Å². The van der Waals surface area contributed by atoms with Gasteiger partial charge in [-0.1, -0.05) is 20.8 Å². The van der Waals surface area contributed by atoms with E-state index in [0.29, 0.717) is 5.92 Å². The molecule has 1 aromatic heterocycles. The van der Waals surface area contributed by atoms with Crippen LogP contribution in [-0.4, -0.2) is 37.7 Å². The molecule has 0 fully saturated rings. The summed E-state index contributed by atoms with van der Waals surface area (Å²) in [5, 5.41) is 3.53. The number of hydrogen-bond acceptors (Lipinski definition) is 4. The molecule has 0 saturated heterocycles. The minimum Gasteiger partial charge on any atom is -0.380 e. The molecule has 0 spiro atoms. The second kappa shape index (κ2) is 10.3. The molecule has 0 saturated carbocycles. The van der Waals surface area contributed by atoms with Gasteiger partial charge in [0, 0.05) is 36.0 Å². The van der Waals surface area contributed by atoms with Crippen molar-refractivity contribution in [2.75, 3.05) is 32.8 Å². The first-order valence-electron chi connectivity index (χ1n) is 8.15. The number of nitrogens with one attached hydrogen (secondary N) is 1. The van der Waals surface area contributed by atoms with Crippen molar-refractivity contribution in [2.24, 2.45) is 5.92 Å². The van der Waals surface area contributed by atoms with E-state index in [1.165, 1.54) is 15.3 Å². The number of nitrogens with zero attached hydrogens (tertiary/aromatic N) is 1. The van der Waals surface area contributed by atoms with Crippen LogP contribution in [0.5, 0.6) is 0 Å². The molecule has 0 bridgehead atoms. The summed E-state index contributed by atoms with van der Waals surface area (Å²) in [4.78, 5) is 5.35. The van der Waals surface area contributed by atoms with Crippen LogP contribution in [-0.2, 0) is 17.8 Å². The number of ether oxygens (including phenoxy) is 1. The molecule has 0 aliphatic rings. The molecule has 122 valence electrons. The zero-order chi connectivity index (χ0) is 15.7. The fourth-order valence-corrected chi connectivity index (χ4v) is 3.27. The van der Waals surface area contributed by atoms with E-state index in [2.05, 4.69) is 50.9 Å². The first-order chi connectivity index (χ1) is 10.1. The van der Waals surface area contributed by atoms with E-state index in [0.717, 1.165) is 45.9 Å². The van der Waals surface area contributed by atoms with Crippen LogP contribution in [0.25, 0.3) is 0 Å². The van der Waals surface area contributed by atoms with Gasteiger partial charge in [0.1, 0.15) is 0 Å². The van der Waals surface area contributed by atoms with Crippen LogP contribution in [0.1, 0.15) is 43.0 Å². The second-order valence-electron chi connectivity index (χ2n) is 5.88. The number of aryl methyl sites for hydroxylation is 1. The Balaban J connectivity index is 2.48. The van der Waals surface area contributed by atoms with Gasteiger partial charge in [0.15, 0.2) is 0 Å². The van der Waals surface area contributed by atoms with Gasteiger partial charge in [-0.05, 0) is 44.5 Å². The van der Waals surface area contributed by atoms with E-state index in [4.69, 9.17) is 4.74 Å². The number of rotatable bonds is 11. The third-order valence-corrected chi connectivity index (χ3v) is 4.61. The zero-order valence-electron chi connectivity index (χ0n) is 14.4. The largest absolute Gasteiger partial charge is 0.380 e. The molecule has 1 rings (SSSR count). The normalized spacial score (nSPS) is 11.8. The maximum Gasteiger partial charge on any atom is 0.0593 e. The summed E-state index contributed by atoms with van der Waals surface area (Å²) < 4.78 is 5.47. The summed E-state index contributed by atoms with van der Waals surface area (Å²) in [6.45, 7) is 17.8. The third kappa shape index (κ3) is 7.41. The van der Waals surface area contributed by atoms with E-state index in [1.54, 1.807) is 0 Å². The van der Waals surface area contributed by atoms with Crippen molar-refractivity contribution in [1.82, 2.24) is 10.2 Å². The molecule has 0 atom stereocenters. The number of hydrogen-bond donors (Lipinski definition) is 1. The van der Waals surface area contributed by atoms with Crippen LogP contribution in [0, 0.1) is 12.8 Å². The van der Waals surface area contributed by atoms with E-state index in [9.17, 15) is 0 Å². The fraction of sp³-hybridized carbons (Fsp3) is 0.765. The van der Waals surface area contributed by atoms with Crippen molar-refractivity contribution in [1.29, 1.82) is 0 Å². The SMILES string of the molecule is CCOCCN(CC)Cc1cc(CNCC(C)C)sc1C. The van der Waals surface area contributed by atoms with E-state index < -0.39 is 0 Å². The Kier molecular flexibility index (Phi) is 9.16. The summed E-state index contributed by atoms with van der Waals surface area (Å²) >= 11 is 1.93. The van der Waals surface area contributed by atoms with Gasteiger partial charge in [0.05, 0.1) is 6.61 Å². The highest BCUT2D eigenvalue weighted by Crippen LogP contribution is 2.23. The highest BCUT2D eigenvalue weighted by Gasteiger charge is 2.10. The summed E-state index contributed by atoms with van der Waals surface area (Å²) in [6.07, 6.45) is 0. The van der Waals surface area contributed by atoms with Crippen molar-refractivity contribution in [3.05, 3.63) is 21.4 Å². The smallest absolute Gasteiger partial charge is 0.0593 e. The maximum atomic E-state index is 5.47. The van der Waals surface area contributed by atoms with E-state index >= 15 is 0 Å². The van der Waals surface area contributed by atoms with Gasteiger partial charge in [0.25, 0.3) is 0 Å². The number of thiophene rings is 1. The zero-order valence-corrected chi connectivity index (χ0v) is 15.2. The standard InChI is InChI=1S/C17H32N2OS/c1-6-19(8-9-20-7-2)13-16-10-17(21-15(16)5)12-18-11-14(3)4/h10,14,18H,6-9,11-13H2,1-5H3. The van der Waals surface area contributed by atoms with Crippen molar-refractivity contribution in [3.63, 3.8) is 0 Å². The Bertz CT molecular complexity index is 390. The van der Waals surface area contributed by atoms with Gasteiger partial charge in [-0.25, -0.2) is 0 Å². The lowest BCUT2D eigenvalue weighted by Gasteiger charge is -2.20.